The summed E-state index contributed by atoms with van der Waals surface area (Å²) in [4.78, 5) is 11.4. The summed E-state index contributed by atoms with van der Waals surface area (Å²) in [6.45, 7) is 4.70. The summed E-state index contributed by atoms with van der Waals surface area (Å²) in [5.74, 6) is -0.710. The number of nitrogens with one attached hydrogen (secondary N) is 1. The van der Waals surface area contributed by atoms with Crippen molar-refractivity contribution in [2.24, 2.45) is 5.73 Å². The van der Waals surface area contributed by atoms with E-state index in [2.05, 4.69) is 10.3 Å². The molecule has 3 heterocycles. The maximum atomic E-state index is 15.7. The predicted molar refractivity (Wildman–Crippen MR) is 142 cm³/mol. The summed E-state index contributed by atoms with van der Waals surface area (Å²) >= 11 is 0. The van der Waals surface area contributed by atoms with E-state index in [1.807, 2.05) is 11.0 Å². The van der Waals surface area contributed by atoms with Gasteiger partial charge in [0.05, 0.1) is 33.9 Å². The summed E-state index contributed by atoms with van der Waals surface area (Å²) in [6, 6.07) is 8.72. The first-order chi connectivity index (χ1) is 18.1. The molecular formula is C27H28F2N8O. The van der Waals surface area contributed by atoms with Crippen LogP contribution in [-0.4, -0.2) is 50.8 Å². The van der Waals surface area contributed by atoms with Crippen LogP contribution in [0, 0.1) is 23.0 Å². The number of aromatic nitrogens is 3. The van der Waals surface area contributed by atoms with E-state index < -0.39 is 17.2 Å². The lowest BCUT2D eigenvalue weighted by Crippen LogP contribution is -2.29. The molecule has 0 radical (unpaired) electrons. The molecule has 1 aliphatic heterocycles. The smallest absolute Gasteiger partial charge is 0.181 e. The zero-order valence-corrected chi connectivity index (χ0v) is 21.0. The van der Waals surface area contributed by atoms with E-state index in [1.54, 1.807) is 36.7 Å². The lowest BCUT2D eigenvalue weighted by molar-refractivity contribution is 0.0945. The fraction of sp³-hybridized carbons (Fsp3) is 0.296. The number of hydrogen-bond acceptors (Lipinski definition) is 8. The molecule has 5 rings (SSSR count). The Balaban J connectivity index is 1.72. The van der Waals surface area contributed by atoms with Crippen molar-refractivity contribution in [1.29, 1.82) is 5.26 Å². The molecule has 4 aromatic rings. The maximum absolute atomic E-state index is 15.7. The first kappa shape index (κ1) is 25.4. The standard InChI is InChI=1S/C27H28F2N8O/c1-27(2,38)14-34-22-11-20(29)18(10-21(22)32)24-23(15-3-4-16(12-30)19(28)9-15)35-26-25(33-6-8-37(24)26)36-7-5-17(31)13-36/h3-4,6,8-11,17,34,38H,5,7,13-14,31-32H2,1-2H3. The monoisotopic (exact) mass is 518 g/mol. The number of hydrogen-bond donors (Lipinski definition) is 4. The molecule has 0 saturated carbocycles. The Labute approximate surface area is 218 Å². The summed E-state index contributed by atoms with van der Waals surface area (Å²) in [5.41, 5.74) is 13.5. The van der Waals surface area contributed by atoms with E-state index in [9.17, 15) is 14.8 Å². The van der Waals surface area contributed by atoms with Crippen LogP contribution in [0.25, 0.3) is 28.2 Å². The third-order valence-electron chi connectivity index (χ3n) is 6.52. The molecule has 0 amide bonds. The first-order valence-corrected chi connectivity index (χ1v) is 12.2. The molecule has 1 atom stereocenters. The molecule has 0 spiro atoms. The van der Waals surface area contributed by atoms with Gasteiger partial charge >= 0.3 is 0 Å². The van der Waals surface area contributed by atoms with Crippen LogP contribution in [-0.2, 0) is 0 Å². The molecule has 1 aliphatic rings. The maximum Gasteiger partial charge on any atom is 0.181 e. The molecule has 1 unspecified atom stereocenters. The fourth-order valence-electron chi connectivity index (χ4n) is 4.61. The Morgan fingerprint density at radius 1 is 1.24 bits per heavy atom. The highest BCUT2D eigenvalue weighted by Gasteiger charge is 2.27. The van der Waals surface area contributed by atoms with Gasteiger partial charge in [0.2, 0.25) is 0 Å². The van der Waals surface area contributed by atoms with Gasteiger partial charge in [0, 0.05) is 49.2 Å². The molecule has 6 N–H and O–H groups in total. The minimum Gasteiger partial charge on any atom is -0.397 e. The number of fused-ring (bicyclic) bond motifs is 1. The Hall–Kier alpha value is -4.27. The minimum atomic E-state index is -1.03. The number of imidazole rings is 1. The van der Waals surface area contributed by atoms with Crippen molar-refractivity contribution >= 4 is 22.8 Å². The van der Waals surface area contributed by atoms with Gasteiger partial charge in [0.1, 0.15) is 17.7 Å². The summed E-state index contributed by atoms with van der Waals surface area (Å²) in [6.07, 6.45) is 4.06. The lowest BCUT2D eigenvalue weighted by atomic mass is 10.0. The quantitative estimate of drug-likeness (QED) is 0.284. The molecule has 2 aromatic heterocycles. The average Bonchev–Trinajstić information content (AvgIpc) is 3.47. The Bertz CT molecular complexity index is 1570. The van der Waals surface area contributed by atoms with Crippen LogP contribution in [0.2, 0.25) is 0 Å². The SMILES string of the molecule is CC(C)(O)CNc1cc(F)c(-c2c(-c3ccc(C#N)c(F)c3)nc3c(N4CCC(N)C4)nccn23)cc1N. The molecule has 0 bridgehead atoms. The zero-order chi connectivity index (χ0) is 27.2. The Morgan fingerprint density at radius 3 is 2.68 bits per heavy atom. The van der Waals surface area contributed by atoms with Crippen LogP contribution in [0.3, 0.4) is 0 Å². The van der Waals surface area contributed by atoms with E-state index in [-0.39, 0.29) is 29.4 Å². The minimum absolute atomic E-state index is 0.000216. The van der Waals surface area contributed by atoms with Crippen LogP contribution < -0.4 is 21.7 Å². The third-order valence-corrected chi connectivity index (χ3v) is 6.52. The van der Waals surface area contributed by atoms with Crippen molar-refractivity contribution in [2.45, 2.75) is 31.9 Å². The summed E-state index contributed by atoms with van der Waals surface area (Å²) in [5, 5.41) is 22.2. The van der Waals surface area contributed by atoms with E-state index in [0.29, 0.717) is 47.2 Å². The van der Waals surface area contributed by atoms with Gasteiger partial charge in [0.25, 0.3) is 0 Å². The highest BCUT2D eigenvalue weighted by Crippen LogP contribution is 2.39. The van der Waals surface area contributed by atoms with E-state index >= 15 is 4.39 Å². The van der Waals surface area contributed by atoms with Crippen LogP contribution in [0.15, 0.2) is 42.7 Å². The summed E-state index contributed by atoms with van der Waals surface area (Å²) < 4.78 is 32.1. The molecule has 1 saturated heterocycles. The van der Waals surface area contributed by atoms with Crippen LogP contribution in [0.4, 0.5) is 26.0 Å². The topological polar surface area (TPSA) is 142 Å². The van der Waals surface area contributed by atoms with Crippen LogP contribution >= 0.6 is 0 Å². The zero-order valence-electron chi connectivity index (χ0n) is 21.0. The average molecular weight is 519 g/mol. The van der Waals surface area contributed by atoms with Gasteiger partial charge in [-0.05, 0) is 44.5 Å². The molecule has 0 aliphatic carbocycles. The largest absolute Gasteiger partial charge is 0.397 e. The lowest BCUT2D eigenvalue weighted by Gasteiger charge is -2.20. The first-order valence-electron chi connectivity index (χ1n) is 12.2. The molecule has 38 heavy (non-hydrogen) atoms. The molecule has 1 fully saturated rings. The normalized spacial score (nSPS) is 15.7. The van der Waals surface area contributed by atoms with Crippen molar-refractivity contribution in [3.8, 4) is 28.6 Å². The summed E-state index contributed by atoms with van der Waals surface area (Å²) in [7, 11) is 0. The Morgan fingerprint density at radius 2 is 2.03 bits per heavy atom. The van der Waals surface area contributed by atoms with Crippen molar-refractivity contribution in [2.75, 3.05) is 35.6 Å². The van der Waals surface area contributed by atoms with Gasteiger partial charge in [0.15, 0.2) is 11.5 Å². The van der Waals surface area contributed by atoms with Crippen molar-refractivity contribution in [3.63, 3.8) is 0 Å². The number of aliphatic hydroxyl groups is 1. The van der Waals surface area contributed by atoms with Gasteiger partial charge in [-0.1, -0.05) is 6.07 Å². The van der Waals surface area contributed by atoms with Gasteiger partial charge in [-0.15, -0.1) is 0 Å². The molecule has 9 nitrogen and oxygen atoms in total. The van der Waals surface area contributed by atoms with E-state index in [0.717, 1.165) is 6.42 Å². The number of anilines is 3. The predicted octanol–water partition coefficient (Wildman–Crippen LogP) is 3.52. The van der Waals surface area contributed by atoms with Gasteiger partial charge < -0.3 is 26.8 Å². The van der Waals surface area contributed by atoms with E-state index in [4.69, 9.17) is 16.5 Å². The second kappa shape index (κ2) is 9.55. The van der Waals surface area contributed by atoms with Crippen molar-refractivity contribution in [3.05, 3.63) is 59.9 Å². The Kier molecular flexibility index (Phi) is 6.38. The van der Waals surface area contributed by atoms with Gasteiger partial charge in [-0.3, -0.25) is 4.40 Å². The third kappa shape index (κ3) is 4.71. The number of nitriles is 1. The highest BCUT2D eigenvalue weighted by atomic mass is 19.1. The molecule has 196 valence electrons. The highest BCUT2D eigenvalue weighted by molar-refractivity contribution is 5.87. The second-order valence-electron chi connectivity index (χ2n) is 10.1. The second-order valence-corrected chi connectivity index (χ2v) is 10.1. The number of nitrogens with zero attached hydrogens (tertiary/aromatic N) is 5. The molecule has 2 aromatic carbocycles. The number of halogens is 2. The number of rotatable bonds is 6. The van der Waals surface area contributed by atoms with Gasteiger partial charge in [-0.25, -0.2) is 18.7 Å². The number of benzene rings is 2. The van der Waals surface area contributed by atoms with E-state index in [1.165, 1.54) is 24.3 Å². The van der Waals surface area contributed by atoms with Gasteiger partial charge in [-0.2, -0.15) is 5.26 Å². The van der Waals surface area contributed by atoms with Crippen molar-refractivity contribution in [1.82, 2.24) is 14.4 Å². The van der Waals surface area contributed by atoms with Crippen LogP contribution in [0.5, 0.6) is 0 Å². The molecule has 11 heteroatoms. The molecular weight excluding hydrogens is 490 g/mol. The van der Waals surface area contributed by atoms with Crippen LogP contribution in [0.1, 0.15) is 25.8 Å². The number of nitrogen functional groups attached to an aromatic ring is 1. The van der Waals surface area contributed by atoms with Crippen molar-refractivity contribution < 1.29 is 13.9 Å². The fourth-order valence-corrected chi connectivity index (χ4v) is 4.61. The number of nitrogens with two attached hydrogens (primary N) is 2.